The van der Waals surface area contributed by atoms with Crippen LogP contribution >= 0.6 is 0 Å². The van der Waals surface area contributed by atoms with Gasteiger partial charge in [0.1, 0.15) is 0 Å². The SMILES string of the molecule is COC(=O)C1=C(C(=O)OC)C2CCC1C1=C2C2=C(c3ccccc3)c3[nH]c(c4c3C3CCC4C(C(=O)OC)=C3C(=O)OC)C(c3ccccc3)=C3N=C(C4=C3C3CCC4C(C(=O)OC)=C3C(=O)OC)C(c3ccccc3)=c3[nH]c(c4c3C3CCC4C(C(=O)OC)=C3C(=O)OC)=C(c3ccccc3)C1=N2. The zero-order valence-electron chi connectivity index (χ0n) is 58.2. The summed E-state index contributed by atoms with van der Waals surface area (Å²) in [6, 6.07) is 38.8. The molecule has 2 aliphatic heterocycles. The first-order valence-corrected chi connectivity index (χ1v) is 35.0. The number of nitrogens with zero attached hydrogens (tertiary/aromatic N) is 2. The number of carbonyl (C=O) groups excluding carboxylic acids is 8. The van der Waals surface area contributed by atoms with Crippen molar-refractivity contribution >= 4 is 81.5 Å². The van der Waals surface area contributed by atoms with E-state index in [1.165, 1.54) is 56.9 Å². The molecule has 0 saturated carbocycles. The first-order valence-electron chi connectivity index (χ1n) is 35.0. The Morgan fingerprint density at radius 3 is 0.760 bits per heavy atom. The summed E-state index contributed by atoms with van der Waals surface area (Å²) in [5.41, 5.74) is 13.7. The number of methoxy groups -OCH3 is 8. The van der Waals surface area contributed by atoms with Crippen LogP contribution in [0.4, 0.5) is 0 Å². The van der Waals surface area contributed by atoms with Gasteiger partial charge in [0.05, 0.1) is 146 Å². The number of benzene rings is 4. The van der Waals surface area contributed by atoms with Crippen LogP contribution in [0.3, 0.4) is 0 Å². The van der Waals surface area contributed by atoms with E-state index < -0.39 is 95.1 Å². The van der Waals surface area contributed by atoms with Crippen molar-refractivity contribution in [3.05, 3.63) is 266 Å². The molecule has 0 fully saturated rings. The molecular formula is C84H70N4O16. The highest BCUT2D eigenvalue weighted by molar-refractivity contribution is 6.37. The summed E-state index contributed by atoms with van der Waals surface area (Å²) >= 11 is 0. The van der Waals surface area contributed by atoms with Crippen LogP contribution in [-0.2, 0) is 76.3 Å². The van der Waals surface area contributed by atoms with Gasteiger partial charge in [0.2, 0.25) is 0 Å². The molecule has 16 bridgehead atoms. The van der Waals surface area contributed by atoms with Crippen molar-refractivity contribution in [2.75, 3.05) is 56.9 Å². The number of aromatic amines is 2. The minimum Gasteiger partial charge on any atom is -0.466 e. The lowest BCUT2D eigenvalue weighted by molar-refractivity contribution is -0.140. The van der Waals surface area contributed by atoms with Gasteiger partial charge >= 0.3 is 47.8 Å². The Labute approximate surface area is 596 Å². The first kappa shape index (κ1) is 65.5. The van der Waals surface area contributed by atoms with E-state index >= 15 is 0 Å². The topological polar surface area (TPSA) is 267 Å². The fraction of sp³-hybridized carbons (Fsp3) is 0.286. The molecule has 0 saturated heterocycles. The normalized spacial score (nSPS) is 23.5. The molecule has 15 aliphatic rings. The van der Waals surface area contributed by atoms with Crippen molar-refractivity contribution in [3.63, 3.8) is 0 Å². The van der Waals surface area contributed by atoms with Crippen molar-refractivity contribution in [2.45, 2.75) is 75.0 Å². The highest BCUT2D eigenvalue weighted by atomic mass is 16.5. The summed E-state index contributed by atoms with van der Waals surface area (Å²) < 4.78 is 45.6. The average molecular weight is 1390 g/mol. The molecule has 6 aromatic rings. The van der Waals surface area contributed by atoms with Gasteiger partial charge < -0.3 is 47.9 Å². The predicted octanol–water partition coefficient (Wildman–Crippen LogP) is 10.1. The maximum Gasteiger partial charge on any atom is 0.334 e. The number of hydrogen-bond acceptors (Lipinski definition) is 18. The minimum atomic E-state index is -0.852. The molecule has 8 unspecified atom stereocenters. The van der Waals surface area contributed by atoms with Crippen molar-refractivity contribution in [3.8, 4) is 0 Å². The van der Waals surface area contributed by atoms with E-state index in [9.17, 15) is 38.4 Å². The second-order valence-electron chi connectivity index (χ2n) is 27.6. The Hall–Kier alpha value is -11.8. The number of hydrogen-bond donors (Lipinski definition) is 2. The van der Waals surface area contributed by atoms with Gasteiger partial charge in [-0.1, -0.05) is 121 Å². The number of aliphatic imine (C=N–C) groups is 2. The van der Waals surface area contributed by atoms with Crippen LogP contribution in [0.25, 0.3) is 22.3 Å². The Kier molecular flexibility index (Phi) is 15.8. The van der Waals surface area contributed by atoms with Gasteiger partial charge in [0.25, 0.3) is 0 Å². The van der Waals surface area contributed by atoms with Crippen molar-refractivity contribution < 1.29 is 76.3 Å². The van der Waals surface area contributed by atoms with Crippen molar-refractivity contribution in [1.82, 2.24) is 9.97 Å². The van der Waals surface area contributed by atoms with Crippen LogP contribution in [0, 0.1) is 23.7 Å². The van der Waals surface area contributed by atoms with E-state index in [0.717, 1.165) is 0 Å². The number of rotatable bonds is 12. The molecule has 21 rings (SSSR count). The Bertz CT molecular complexity index is 5100. The van der Waals surface area contributed by atoms with Gasteiger partial charge in [0, 0.05) is 69.6 Å². The number of H-pyrrole nitrogens is 2. The maximum atomic E-state index is 15.0. The van der Waals surface area contributed by atoms with E-state index in [4.69, 9.17) is 47.9 Å². The third-order valence-corrected chi connectivity index (χ3v) is 23.4. The zero-order valence-corrected chi connectivity index (χ0v) is 58.2. The van der Waals surface area contributed by atoms with Gasteiger partial charge in [-0.15, -0.1) is 0 Å². The summed E-state index contributed by atoms with van der Waals surface area (Å²) in [7, 11) is 10.3. The number of esters is 8. The number of nitrogens with one attached hydrogen (secondary N) is 2. The van der Waals surface area contributed by atoms with Gasteiger partial charge in [-0.3, -0.25) is 0 Å². The monoisotopic (exact) mass is 1390 g/mol. The lowest BCUT2D eigenvalue weighted by Crippen LogP contribution is -2.39. The van der Waals surface area contributed by atoms with Gasteiger partial charge in [-0.2, -0.15) is 0 Å². The average Bonchev–Trinajstić information content (AvgIpc) is 1.46. The van der Waals surface area contributed by atoms with Crippen LogP contribution in [0.1, 0.15) is 131 Å². The van der Waals surface area contributed by atoms with Crippen LogP contribution < -0.4 is 10.7 Å². The number of carbonyl (C=O) groups is 8. The first-order chi connectivity index (χ1) is 50.7. The van der Waals surface area contributed by atoms with Gasteiger partial charge in [0.15, 0.2) is 0 Å². The molecule has 2 N–H and O–H groups in total. The Morgan fingerprint density at radius 2 is 0.500 bits per heavy atom. The molecule has 0 amide bonds. The predicted molar refractivity (Wildman–Crippen MR) is 379 cm³/mol. The number of aromatic nitrogens is 2. The summed E-state index contributed by atoms with van der Waals surface area (Å²) in [4.78, 5) is 140. The summed E-state index contributed by atoms with van der Waals surface area (Å²) in [5.74, 6) is -12.5. The molecule has 0 radical (unpaired) electrons. The third kappa shape index (κ3) is 9.14. The number of allylic oxidation sites excluding steroid dienone is 4. The van der Waals surface area contributed by atoms with Crippen molar-refractivity contribution in [2.24, 2.45) is 33.7 Å². The molecule has 8 atom stereocenters. The molecule has 4 heterocycles. The van der Waals surface area contributed by atoms with E-state index in [2.05, 4.69) is 9.97 Å². The molecule has 522 valence electrons. The second kappa shape index (κ2) is 25.0. The quantitative estimate of drug-likeness (QED) is 0.0852. The second-order valence-corrected chi connectivity index (χ2v) is 27.6. The van der Waals surface area contributed by atoms with E-state index in [0.29, 0.717) is 185 Å². The lowest BCUT2D eigenvalue weighted by atomic mass is 9.60. The van der Waals surface area contributed by atoms with Gasteiger partial charge in [-0.05, 0) is 118 Å². The summed E-state index contributed by atoms with van der Waals surface area (Å²) in [6.45, 7) is 0. The van der Waals surface area contributed by atoms with E-state index in [1.807, 2.05) is 121 Å². The molecule has 104 heavy (non-hydrogen) atoms. The zero-order chi connectivity index (χ0) is 72.0. The smallest absolute Gasteiger partial charge is 0.334 e. The number of fused-ring (bicyclic) bond motifs is 4. The highest BCUT2D eigenvalue weighted by Crippen LogP contribution is 2.64. The van der Waals surface area contributed by atoms with Crippen LogP contribution in [0.2, 0.25) is 0 Å². The van der Waals surface area contributed by atoms with Crippen LogP contribution in [-0.4, -0.2) is 126 Å². The summed E-state index contributed by atoms with van der Waals surface area (Å²) in [6.07, 6.45) is 2.98. The Balaban J connectivity index is 1.17. The summed E-state index contributed by atoms with van der Waals surface area (Å²) in [5, 5.41) is 1.02. The fourth-order valence-corrected chi connectivity index (χ4v) is 19.7. The number of ether oxygens (including phenoxy) is 8. The Morgan fingerprint density at radius 1 is 0.279 bits per heavy atom. The maximum absolute atomic E-state index is 15.0. The standard InChI is InChI=1S/C84H70N4O16/c1-97-77(89)61-41-29-30-42(62(61)78(90)98-2)54-53(41)69-49(37-21-13-9-14-22-37)71-55-43-31-32-44(64(80(92)100-4)63(43)79(91)99-3)56(55)73(86-71)51(39-25-17-11-18-26-39)75-59-47-35-36-48(68(84(96)104-8)67(47)83(95)103-7)60(59)76(88-75)52(40-27-19-12-20-28-40)74-58-46-34-33-45(65(81(93)101-5)66(46)82(94)102-6)57(58)72(87-74)50(70(54)85-69)38-23-15-10-16-24-38/h9-28,41-48,85,88H,29-36H2,1-8H3. The molecule has 20 nitrogen and oxygen atoms in total. The van der Waals surface area contributed by atoms with E-state index in [-0.39, 0.29) is 44.6 Å². The molecule has 4 aromatic carbocycles. The van der Waals surface area contributed by atoms with E-state index in [1.54, 1.807) is 0 Å². The lowest BCUT2D eigenvalue weighted by Gasteiger charge is -2.41. The van der Waals surface area contributed by atoms with Gasteiger partial charge in [-0.25, -0.2) is 48.3 Å². The fourth-order valence-electron chi connectivity index (χ4n) is 19.7. The third-order valence-electron chi connectivity index (χ3n) is 23.4. The molecular weight excluding hydrogens is 1320 g/mol. The minimum absolute atomic E-state index is 0.129. The molecule has 2 aromatic heterocycles. The molecule has 20 heteroatoms. The highest BCUT2D eigenvalue weighted by Gasteiger charge is 2.58. The van der Waals surface area contributed by atoms with Crippen molar-refractivity contribution in [1.29, 1.82) is 0 Å². The molecule has 0 spiro atoms. The van der Waals surface area contributed by atoms with Crippen LogP contribution in [0.5, 0.6) is 0 Å². The largest absolute Gasteiger partial charge is 0.466 e. The van der Waals surface area contributed by atoms with Crippen LogP contribution in [0.15, 0.2) is 210 Å². The molecule has 13 aliphatic carbocycles.